The van der Waals surface area contributed by atoms with Gasteiger partial charge in [0.2, 0.25) is 15.9 Å². The Morgan fingerprint density at radius 3 is 2.40 bits per heavy atom. The van der Waals surface area contributed by atoms with Crippen LogP contribution in [0.15, 0.2) is 47.4 Å². The lowest BCUT2D eigenvalue weighted by atomic mass is 10.1. The topological polar surface area (TPSA) is 110 Å². The molecule has 160 valence electrons. The first-order chi connectivity index (χ1) is 14.3. The summed E-state index contributed by atoms with van der Waals surface area (Å²) in [6.45, 7) is 2.75. The highest BCUT2D eigenvalue weighted by Gasteiger charge is 2.25. The van der Waals surface area contributed by atoms with E-state index in [0.29, 0.717) is 30.8 Å². The van der Waals surface area contributed by atoms with Crippen molar-refractivity contribution in [1.29, 1.82) is 0 Å². The summed E-state index contributed by atoms with van der Waals surface area (Å²) in [5, 5.41) is 13.7. The van der Waals surface area contributed by atoms with Gasteiger partial charge in [-0.2, -0.15) is 4.31 Å². The lowest BCUT2D eigenvalue weighted by Gasteiger charge is -2.25. The van der Waals surface area contributed by atoms with E-state index < -0.39 is 14.9 Å². The van der Waals surface area contributed by atoms with E-state index in [2.05, 4.69) is 5.32 Å². The Balaban J connectivity index is 1.58. The zero-order chi connectivity index (χ0) is 21.7. The fourth-order valence-electron chi connectivity index (χ4n) is 3.45. The molecule has 1 aliphatic heterocycles. The van der Waals surface area contributed by atoms with Crippen LogP contribution in [-0.2, 0) is 21.2 Å². The van der Waals surface area contributed by atoms with Crippen molar-refractivity contribution in [2.75, 3.05) is 18.4 Å². The molecular formula is C21H25N3O5S. The summed E-state index contributed by atoms with van der Waals surface area (Å²) in [6, 6.07) is 11.2. The zero-order valence-electron chi connectivity index (χ0n) is 16.8. The number of carbonyl (C=O) groups is 1. The minimum atomic E-state index is -3.47. The molecule has 0 atom stereocenters. The number of rotatable bonds is 7. The van der Waals surface area contributed by atoms with Gasteiger partial charge in [0, 0.05) is 36.8 Å². The molecule has 1 saturated heterocycles. The van der Waals surface area contributed by atoms with Crippen LogP contribution in [0.4, 0.5) is 11.4 Å². The standard InChI is InChI=1S/C21H25N3O5S/c1-16-5-9-18(15-20(16)24(26)27)22-21(25)12-8-17-6-10-19(11-7-17)30(28,29)23-13-3-2-4-14-23/h5-7,9-11,15H,2-4,8,12-14H2,1H3,(H,22,25). The van der Waals surface area contributed by atoms with Crippen LogP contribution >= 0.6 is 0 Å². The number of amides is 1. The second kappa shape index (κ2) is 9.36. The second-order valence-corrected chi connectivity index (χ2v) is 9.35. The number of nitrogens with one attached hydrogen (secondary N) is 1. The van der Waals surface area contributed by atoms with Gasteiger partial charge >= 0.3 is 0 Å². The minimum Gasteiger partial charge on any atom is -0.326 e. The number of piperidine rings is 1. The van der Waals surface area contributed by atoms with E-state index in [1.54, 1.807) is 43.3 Å². The van der Waals surface area contributed by atoms with Gasteiger partial charge in [-0.05, 0) is 49.9 Å². The van der Waals surface area contributed by atoms with E-state index in [0.717, 1.165) is 24.8 Å². The Morgan fingerprint density at radius 1 is 1.10 bits per heavy atom. The summed E-state index contributed by atoms with van der Waals surface area (Å²) >= 11 is 0. The Bertz CT molecular complexity index is 1030. The summed E-state index contributed by atoms with van der Waals surface area (Å²) in [7, 11) is -3.47. The predicted molar refractivity (Wildman–Crippen MR) is 114 cm³/mol. The van der Waals surface area contributed by atoms with Gasteiger partial charge in [0.25, 0.3) is 5.69 Å². The van der Waals surface area contributed by atoms with Crippen LogP contribution in [0.25, 0.3) is 0 Å². The Hall–Kier alpha value is -2.78. The number of benzene rings is 2. The van der Waals surface area contributed by atoms with Crippen LogP contribution in [0.3, 0.4) is 0 Å². The molecule has 1 N–H and O–H groups in total. The lowest BCUT2D eigenvalue weighted by molar-refractivity contribution is -0.385. The lowest BCUT2D eigenvalue weighted by Crippen LogP contribution is -2.35. The molecular weight excluding hydrogens is 406 g/mol. The number of nitrogens with zero attached hydrogens (tertiary/aromatic N) is 2. The highest BCUT2D eigenvalue weighted by molar-refractivity contribution is 7.89. The van der Waals surface area contributed by atoms with Gasteiger partial charge in [-0.25, -0.2) is 8.42 Å². The van der Waals surface area contributed by atoms with Crippen LogP contribution in [0.5, 0.6) is 0 Å². The molecule has 0 spiro atoms. The van der Waals surface area contributed by atoms with Gasteiger partial charge in [-0.1, -0.05) is 24.6 Å². The van der Waals surface area contributed by atoms with Crippen molar-refractivity contribution in [2.45, 2.75) is 43.9 Å². The predicted octanol–water partition coefficient (Wildman–Crippen LogP) is 3.65. The monoisotopic (exact) mass is 431 g/mol. The highest BCUT2D eigenvalue weighted by Crippen LogP contribution is 2.23. The van der Waals surface area contributed by atoms with E-state index in [1.807, 2.05) is 0 Å². The molecule has 2 aromatic carbocycles. The van der Waals surface area contributed by atoms with Crippen LogP contribution in [0.1, 0.15) is 36.8 Å². The van der Waals surface area contributed by atoms with Crippen LogP contribution in [0, 0.1) is 17.0 Å². The molecule has 1 aliphatic rings. The first kappa shape index (κ1) is 21.9. The normalized spacial score (nSPS) is 15.0. The summed E-state index contributed by atoms with van der Waals surface area (Å²) in [5.41, 5.74) is 1.70. The van der Waals surface area contributed by atoms with Gasteiger partial charge in [0.1, 0.15) is 0 Å². The highest BCUT2D eigenvalue weighted by atomic mass is 32.2. The number of sulfonamides is 1. The van der Waals surface area contributed by atoms with Crippen LogP contribution < -0.4 is 5.32 Å². The van der Waals surface area contributed by atoms with Crippen molar-refractivity contribution < 1.29 is 18.1 Å². The first-order valence-electron chi connectivity index (χ1n) is 9.91. The first-order valence-corrected chi connectivity index (χ1v) is 11.4. The maximum Gasteiger partial charge on any atom is 0.274 e. The second-order valence-electron chi connectivity index (χ2n) is 7.42. The summed E-state index contributed by atoms with van der Waals surface area (Å²) in [5.74, 6) is -0.266. The molecule has 0 saturated carbocycles. The molecule has 30 heavy (non-hydrogen) atoms. The zero-order valence-corrected chi connectivity index (χ0v) is 17.7. The SMILES string of the molecule is Cc1ccc(NC(=O)CCc2ccc(S(=O)(=O)N3CCCCC3)cc2)cc1[N+](=O)[O-]. The molecule has 1 amide bonds. The summed E-state index contributed by atoms with van der Waals surface area (Å²) < 4.78 is 26.9. The molecule has 9 heteroatoms. The maximum absolute atomic E-state index is 12.7. The molecule has 0 aromatic heterocycles. The minimum absolute atomic E-state index is 0.0432. The van der Waals surface area contributed by atoms with Crippen molar-refractivity contribution in [3.8, 4) is 0 Å². The molecule has 3 rings (SSSR count). The fraction of sp³-hybridized carbons (Fsp3) is 0.381. The quantitative estimate of drug-likeness (QED) is 0.531. The molecule has 0 unspecified atom stereocenters. The average Bonchev–Trinajstić information content (AvgIpc) is 2.74. The number of hydrogen-bond donors (Lipinski definition) is 1. The third-order valence-electron chi connectivity index (χ3n) is 5.21. The van der Waals surface area contributed by atoms with Crippen molar-refractivity contribution in [3.63, 3.8) is 0 Å². The Labute approximate surface area is 176 Å². The smallest absolute Gasteiger partial charge is 0.274 e. The van der Waals surface area contributed by atoms with E-state index in [9.17, 15) is 23.3 Å². The van der Waals surface area contributed by atoms with Crippen molar-refractivity contribution in [1.82, 2.24) is 4.31 Å². The van der Waals surface area contributed by atoms with Crippen molar-refractivity contribution in [2.24, 2.45) is 0 Å². The van der Waals surface area contributed by atoms with E-state index in [4.69, 9.17) is 0 Å². The van der Waals surface area contributed by atoms with E-state index in [1.165, 1.54) is 10.4 Å². The molecule has 0 radical (unpaired) electrons. The van der Waals surface area contributed by atoms with E-state index in [-0.39, 0.29) is 22.9 Å². The van der Waals surface area contributed by atoms with Crippen LogP contribution in [0.2, 0.25) is 0 Å². The number of nitro benzene ring substituents is 1. The van der Waals surface area contributed by atoms with Crippen molar-refractivity contribution in [3.05, 3.63) is 63.7 Å². The van der Waals surface area contributed by atoms with E-state index >= 15 is 0 Å². The molecule has 0 aliphatic carbocycles. The molecule has 2 aromatic rings. The van der Waals surface area contributed by atoms with Gasteiger partial charge < -0.3 is 5.32 Å². The third kappa shape index (κ3) is 5.22. The summed E-state index contributed by atoms with van der Waals surface area (Å²) in [4.78, 5) is 23.0. The third-order valence-corrected chi connectivity index (χ3v) is 7.12. The van der Waals surface area contributed by atoms with Crippen molar-refractivity contribution >= 4 is 27.3 Å². The largest absolute Gasteiger partial charge is 0.326 e. The average molecular weight is 432 g/mol. The molecule has 1 heterocycles. The fourth-order valence-corrected chi connectivity index (χ4v) is 4.96. The number of aryl methyl sites for hydroxylation is 2. The molecule has 1 fully saturated rings. The number of nitro groups is 1. The Kier molecular flexibility index (Phi) is 6.84. The van der Waals surface area contributed by atoms with Gasteiger partial charge in [-0.3, -0.25) is 14.9 Å². The van der Waals surface area contributed by atoms with Gasteiger partial charge in [0.05, 0.1) is 9.82 Å². The Morgan fingerprint density at radius 2 is 1.77 bits per heavy atom. The number of hydrogen-bond acceptors (Lipinski definition) is 5. The van der Waals surface area contributed by atoms with Gasteiger partial charge in [0.15, 0.2) is 0 Å². The van der Waals surface area contributed by atoms with Gasteiger partial charge in [-0.15, -0.1) is 0 Å². The molecule has 0 bridgehead atoms. The van der Waals surface area contributed by atoms with Crippen LogP contribution in [-0.4, -0.2) is 36.6 Å². The maximum atomic E-state index is 12.7. The molecule has 8 nitrogen and oxygen atoms in total. The summed E-state index contributed by atoms with van der Waals surface area (Å²) in [6.07, 6.45) is 3.44. The number of carbonyl (C=O) groups excluding carboxylic acids is 1. The number of anilines is 1.